The first-order chi connectivity index (χ1) is 28.2. The van der Waals surface area contributed by atoms with Crippen LogP contribution in [0.5, 0.6) is 0 Å². The minimum Gasteiger partial charge on any atom is -0.462 e. The van der Waals surface area contributed by atoms with Gasteiger partial charge in [-0.05, 0) is 38.5 Å². The molecule has 0 bridgehead atoms. The van der Waals surface area contributed by atoms with E-state index in [9.17, 15) is 28.9 Å². The van der Waals surface area contributed by atoms with Gasteiger partial charge in [0.05, 0.1) is 19.8 Å². The number of ether oxygens (including phenoxy) is 3. The quantitative estimate of drug-likeness (QED) is 0.0198. The van der Waals surface area contributed by atoms with Gasteiger partial charge in [0.25, 0.3) is 0 Å². The molecule has 3 atom stereocenters. The van der Waals surface area contributed by atoms with Gasteiger partial charge in [-0.1, -0.05) is 181 Å². The first-order valence-corrected chi connectivity index (χ1v) is 25.1. The Balaban J connectivity index is 4.75. The van der Waals surface area contributed by atoms with Crippen molar-refractivity contribution in [3.8, 4) is 0 Å². The predicted molar refractivity (Wildman–Crippen MR) is 233 cm³/mol. The van der Waals surface area contributed by atoms with Crippen LogP contribution in [0, 0.1) is 0 Å². The summed E-state index contributed by atoms with van der Waals surface area (Å²) in [5, 5.41) is 9.70. The van der Waals surface area contributed by atoms with Gasteiger partial charge in [0.2, 0.25) is 0 Å². The Labute approximate surface area is 354 Å². The van der Waals surface area contributed by atoms with Gasteiger partial charge in [0.15, 0.2) is 6.10 Å². The number of phosphoric acid groups is 1. The number of allylic oxidation sites excluding steroid dienone is 2. The Morgan fingerprint density at radius 3 is 1.24 bits per heavy atom. The highest BCUT2D eigenvalue weighted by molar-refractivity contribution is 7.47. The molecule has 0 saturated carbocycles. The fraction of sp³-hybridized carbons (Fsp3) is 0.891. The van der Waals surface area contributed by atoms with Crippen molar-refractivity contribution < 1.29 is 52.2 Å². The third-order valence-electron chi connectivity index (χ3n) is 10.2. The third-order valence-corrected chi connectivity index (χ3v) is 11.1. The van der Waals surface area contributed by atoms with E-state index in [-0.39, 0.29) is 25.9 Å². The number of carbonyl (C=O) groups excluding carboxylic acids is 3. The third kappa shape index (κ3) is 39.7. The van der Waals surface area contributed by atoms with E-state index < -0.39 is 57.8 Å². The van der Waals surface area contributed by atoms with Gasteiger partial charge in [-0.2, -0.15) is 0 Å². The normalized spacial score (nSPS) is 13.7. The maximum Gasteiger partial charge on any atom is 0.472 e. The topological polar surface area (TPSA) is 155 Å². The number of aliphatic hydroxyl groups is 1. The molecule has 11 nitrogen and oxygen atoms in total. The molecular weight excluding hydrogens is 759 g/mol. The lowest BCUT2D eigenvalue weighted by Gasteiger charge is -2.21. The molecule has 0 aliphatic rings. The molecule has 0 aromatic rings. The van der Waals surface area contributed by atoms with Crippen molar-refractivity contribution in [2.24, 2.45) is 0 Å². The molecule has 12 heteroatoms. The van der Waals surface area contributed by atoms with Gasteiger partial charge in [0, 0.05) is 19.3 Å². The van der Waals surface area contributed by atoms with Crippen LogP contribution in [0.25, 0.3) is 0 Å². The number of carbonyl (C=O) groups is 3. The highest BCUT2D eigenvalue weighted by atomic mass is 31.2. The largest absolute Gasteiger partial charge is 0.472 e. The Morgan fingerprint density at radius 2 is 0.810 bits per heavy atom. The van der Waals surface area contributed by atoms with E-state index >= 15 is 0 Å². The molecule has 0 aliphatic carbocycles. The maximum atomic E-state index is 12.8. The van der Waals surface area contributed by atoms with Crippen molar-refractivity contribution in [2.75, 3.05) is 26.4 Å². The van der Waals surface area contributed by atoms with Crippen molar-refractivity contribution in [1.29, 1.82) is 0 Å². The standard InChI is InChI=1S/C46H87O11P/c1-4-7-10-13-16-19-21-24-26-29-32-35-44(48)53-39-43(57-46(50)37-34-31-28-25-22-20-17-14-11-8-5-2)41-55-58(51,52)54-40-42(38-47)56-45(49)36-33-30-27-23-18-15-12-9-6-3/h13,16,42-43,47H,4-12,14-15,17-41H2,1-3H3,(H,51,52)/b16-13-. The van der Waals surface area contributed by atoms with E-state index in [0.717, 1.165) is 77.0 Å². The van der Waals surface area contributed by atoms with Gasteiger partial charge in [-0.15, -0.1) is 0 Å². The van der Waals surface area contributed by atoms with Gasteiger partial charge in [0.1, 0.15) is 12.7 Å². The molecule has 0 fully saturated rings. The summed E-state index contributed by atoms with van der Waals surface area (Å²) in [5.74, 6) is -1.46. The lowest BCUT2D eigenvalue weighted by atomic mass is 10.1. The van der Waals surface area contributed by atoms with E-state index in [4.69, 9.17) is 23.3 Å². The smallest absolute Gasteiger partial charge is 0.462 e. The molecule has 0 aromatic heterocycles. The second kappa shape index (κ2) is 41.9. The lowest BCUT2D eigenvalue weighted by Crippen LogP contribution is -2.30. The van der Waals surface area contributed by atoms with Crippen LogP contribution < -0.4 is 0 Å². The molecule has 3 unspecified atom stereocenters. The summed E-state index contributed by atoms with van der Waals surface area (Å²) in [5.41, 5.74) is 0. The van der Waals surface area contributed by atoms with Crippen LogP contribution in [-0.4, -0.2) is 66.5 Å². The van der Waals surface area contributed by atoms with E-state index in [0.29, 0.717) is 19.3 Å². The number of hydrogen-bond donors (Lipinski definition) is 2. The number of unbranched alkanes of at least 4 members (excludes halogenated alkanes) is 25. The average Bonchev–Trinajstić information content (AvgIpc) is 3.20. The summed E-state index contributed by atoms with van der Waals surface area (Å²) in [4.78, 5) is 47.9. The SMILES string of the molecule is CCCC/C=C\CCCCCCCC(=O)OCC(COP(=O)(O)OCC(CO)OC(=O)CCCCCCCCCCC)OC(=O)CCCCCCCCCCCCC. The second-order valence-corrected chi connectivity index (χ2v) is 17.4. The number of esters is 3. The summed E-state index contributed by atoms with van der Waals surface area (Å²) < 4.78 is 39.1. The molecule has 342 valence electrons. The molecule has 0 radical (unpaired) electrons. The van der Waals surface area contributed by atoms with Crippen LogP contribution in [0.3, 0.4) is 0 Å². The fourth-order valence-corrected chi connectivity index (χ4v) is 7.30. The van der Waals surface area contributed by atoms with Gasteiger partial charge < -0.3 is 24.2 Å². The predicted octanol–water partition coefficient (Wildman–Crippen LogP) is 12.6. The Bertz CT molecular complexity index is 1040. The molecule has 0 amide bonds. The zero-order valence-corrected chi connectivity index (χ0v) is 38.2. The van der Waals surface area contributed by atoms with Crippen molar-refractivity contribution in [3.63, 3.8) is 0 Å². The molecule has 0 rings (SSSR count). The molecule has 0 heterocycles. The van der Waals surface area contributed by atoms with E-state index in [1.54, 1.807) is 0 Å². The minimum absolute atomic E-state index is 0.172. The first kappa shape index (κ1) is 56.2. The highest BCUT2D eigenvalue weighted by Gasteiger charge is 2.28. The number of hydrogen-bond acceptors (Lipinski definition) is 10. The lowest BCUT2D eigenvalue weighted by molar-refractivity contribution is -0.161. The van der Waals surface area contributed by atoms with Crippen LogP contribution in [0.4, 0.5) is 0 Å². The van der Waals surface area contributed by atoms with Gasteiger partial charge in [-0.3, -0.25) is 23.4 Å². The van der Waals surface area contributed by atoms with Crippen LogP contribution in [0.1, 0.15) is 226 Å². The molecule has 0 aromatic carbocycles. The summed E-state index contributed by atoms with van der Waals surface area (Å²) in [7, 11) is -4.72. The number of aliphatic hydroxyl groups excluding tert-OH is 1. The number of rotatable bonds is 44. The number of phosphoric ester groups is 1. The Kier molecular flexibility index (Phi) is 40.6. The summed E-state index contributed by atoms with van der Waals surface area (Å²) in [6.45, 7) is 4.55. The molecule has 2 N–H and O–H groups in total. The van der Waals surface area contributed by atoms with Crippen molar-refractivity contribution in [1.82, 2.24) is 0 Å². The van der Waals surface area contributed by atoms with Crippen molar-refractivity contribution >= 4 is 25.7 Å². The summed E-state index contributed by atoms with van der Waals surface area (Å²) >= 11 is 0. The molecular formula is C46H87O11P. The molecule has 0 aliphatic heterocycles. The van der Waals surface area contributed by atoms with Crippen LogP contribution in [0.2, 0.25) is 0 Å². The zero-order valence-electron chi connectivity index (χ0n) is 37.3. The van der Waals surface area contributed by atoms with Gasteiger partial charge in [-0.25, -0.2) is 4.57 Å². The summed E-state index contributed by atoms with van der Waals surface area (Å²) in [6, 6.07) is 0. The molecule has 58 heavy (non-hydrogen) atoms. The van der Waals surface area contributed by atoms with Crippen molar-refractivity contribution in [2.45, 2.75) is 238 Å². The first-order valence-electron chi connectivity index (χ1n) is 23.6. The monoisotopic (exact) mass is 847 g/mol. The van der Waals surface area contributed by atoms with Crippen molar-refractivity contribution in [3.05, 3.63) is 12.2 Å². The van der Waals surface area contributed by atoms with E-state index in [1.807, 2.05) is 0 Å². The van der Waals surface area contributed by atoms with Gasteiger partial charge >= 0.3 is 25.7 Å². The highest BCUT2D eigenvalue weighted by Crippen LogP contribution is 2.43. The average molecular weight is 847 g/mol. The molecule has 0 spiro atoms. The van der Waals surface area contributed by atoms with E-state index in [1.165, 1.54) is 89.9 Å². The maximum absolute atomic E-state index is 12.8. The van der Waals surface area contributed by atoms with Crippen LogP contribution in [0.15, 0.2) is 12.2 Å². The van der Waals surface area contributed by atoms with Crippen LogP contribution in [-0.2, 0) is 42.2 Å². The van der Waals surface area contributed by atoms with Crippen LogP contribution >= 0.6 is 7.82 Å². The minimum atomic E-state index is -4.72. The zero-order chi connectivity index (χ0) is 42.8. The Hall–Kier alpha value is -1.78. The summed E-state index contributed by atoms with van der Waals surface area (Å²) in [6.07, 6.45) is 34.9. The van der Waals surface area contributed by atoms with E-state index in [2.05, 4.69) is 32.9 Å². The fourth-order valence-electron chi connectivity index (χ4n) is 6.51. The second-order valence-electron chi connectivity index (χ2n) is 15.9. The Morgan fingerprint density at radius 1 is 0.466 bits per heavy atom. The molecule has 0 saturated heterocycles.